The van der Waals surface area contributed by atoms with Gasteiger partial charge in [0.15, 0.2) is 0 Å². The summed E-state index contributed by atoms with van der Waals surface area (Å²) >= 11 is 0. The van der Waals surface area contributed by atoms with Crippen LogP contribution >= 0.6 is 0 Å². The number of ether oxygens (including phenoxy) is 1. The van der Waals surface area contributed by atoms with Crippen molar-refractivity contribution in [2.45, 2.75) is 77.4 Å². The van der Waals surface area contributed by atoms with E-state index < -0.39 is 0 Å². The van der Waals surface area contributed by atoms with E-state index in [0.717, 1.165) is 18.4 Å². The first-order chi connectivity index (χ1) is 9.58. The van der Waals surface area contributed by atoms with Crippen molar-refractivity contribution in [3.63, 3.8) is 0 Å². The van der Waals surface area contributed by atoms with Gasteiger partial charge < -0.3 is 9.84 Å². The standard InChI is InChI=1S/C18H34O2/c1-6-8-9-10-11-12-13-14-18(19)17(7-2)15(3)16(4)20-5/h7,16-19H,2-3,6,8-14H2,1,4-5H3/t16-,17-,18-/m1/s1. The Kier molecular flexibility index (Phi) is 11.8. The van der Waals surface area contributed by atoms with Crippen LogP contribution in [0.5, 0.6) is 0 Å². The van der Waals surface area contributed by atoms with E-state index in [-0.39, 0.29) is 18.1 Å². The van der Waals surface area contributed by atoms with E-state index in [1.54, 1.807) is 13.2 Å². The summed E-state index contributed by atoms with van der Waals surface area (Å²) in [6, 6.07) is 0. The fourth-order valence-corrected chi connectivity index (χ4v) is 2.47. The second kappa shape index (κ2) is 12.2. The van der Waals surface area contributed by atoms with E-state index >= 15 is 0 Å². The molecule has 2 nitrogen and oxygen atoms in total. The van der Waals surface area contributed by atoms with E-state index in [2.05, 4.69) is 20.1 Å². The number of aliphatic hydroxyl groups excluding tert-OH is 1. The van der Waals surface area contributed by atoms with Crippen molar-refractivity contribution < 1.29 is 9.84 Å². The van der Waals surface area contributed by atoms with Crippen molar-refractivity contribution in [1.29, 1.82) is 0 Å². The van der Waals surface area contributed by atoms with Crippen molar-refractivity contribution in [2.24, 2.45) is 5.92 Å². The summed E-state index contributed by atoms with van der Waals surface area (Å²) in [5.74, 6) is -0.0648. The third-order valence-corrected chi connectivity index (χ3v) is 4.08. The molecule has 118 valence electrons. The van der Waals surface area contributed by atoms with E-state index in [0.29, 0.717) is 0 Å². The van der Waals surface area contributed by atoms with Crippen LogP contribution in [0.4, 0.5) is 0 Å². The summed E-state index contributed by atoms with van der Waals surface area (Å²) in [5, 5.41) is 10.3. The normalized spacial score (nSPS) is 15.6. The van der Waals surface area contributed by atoms with Gasteiger partial charge in [0.25, 0.3) is 0 Å². The Balaban J connectivity index is 3.90. The second-order valence-corrected chi connectivity index (χ2v) is 5.69. The smallest absolute Gasteiger partial charge is 0.0757 e. The maximum Gasteiger partial charge on any atom is 0.0757 e. The lowest BCUT2D eigenvalue weighted by Crippen LogP contribution is -2.25. The van der Waals surface area contributed by atoms with Crippen LogP contribution in [-0.2, 0) is 4.74 Å². The topological polar surface area (TPSA) is 29.5 Å². The van der Waals surface area contributed by atoms with Gasteiger partial charge in [0.05, 0.1) is 12.2 Å². The van der Waals surface area contributed by atoms with Gasteiger partial charge in [0.2, 0.25) is 0 Å². The highest BCUT2D eigenvalue weighted by molar-refractivity contribution is 5.14. The Morgan fingerprint density at radius 2 is 1.70 bits per heavy atom. The van der Waals surface area contributed by atoms with Crippen molar-refractivity contribution in [1.82, 2.24) is 0 Å². The summed E-state index contributed by atoms with van der Waals surface area (Å²) in [6.45, 7) is 12.1. The van der Waals surface area contributed by atoms with Crippen LogP contribution in [-0.4, -0.2) is 24.4 Å². The van der Waals surface area contributed by atoms with E-state index in [9.17, 15) is 5.11 Å². The third-order valence-electron chi connectivity index (χ3n) is 4.08. The van der Waals surface area contributed by atoms with Gasteiger partial charge in [-0.15, -0.1) is 6.58 Å². The van der Waals surface area contributed by atoms with Crippen LogP contribution < -0.4 is 0 Å². The molecule has 0 rings (SSSR count). The fourth-order valence-electron chi connectivity index (χ4n) is 2.47. The molecule has 2 heteroatoms. The first-order valence-electron chi connectivity index (χ1n) is 8.10. The molecule has 0 amide bonds. The second-order valence-electron chi connectivity index (χ2n) is 5.69. The molecule has 20 heavy (non-hydrogen) atoms. The summed E-state index contributed by atoms with van der Waals surface area (Å²) < 4.78 is 5.27. The number of rotatable bonds is 13. The van der Waals surface area contributed by atoms with Gasteiger partial charge >= 0.3 is 0 Å². The average Bonchev–Trinajstić information content (AvgIpc) is 2.46. The molecular formula is C18H34O2. The van der Waals surface area contributed by atoms with Crippen molar-refractivity contribution >= 4 is 0 Å². The largest absolute Gasteiger partial charge is 0.392 e. The molecule has 0 aliphatic carbocycles. The van der Waals surface area contributed by atoms with Crippen LogP contribution in [0, 0.1) is 5.92 Å². The van der Waals surface area contributed by atoms with Gasteiger partial charge in [-0.05, 0) is 18.9 Å². The predicted octanol–water partition coefficient (Wildman–Crippen LogP) is 4.88. The maximum absolute atomic E-state index is 10.3. The first kappa shape index (κ1) is 19.4. The molecule has 1 N–H and O–H groups in total. The van der Waals surface area contributed by atoms with Crippen molar-refractivity contribution in [3.8, 4) is 0 Å². The minimum atomic E-state index is -0.381. The van der Waals surface area contributed by atoms with Gasteiger partial charge in [-0.2, -0.15) is 0 Å². The molecule has 0 aromatic heterocycles. The fraction of sp³-hybridized carbons (Fsp3) is 0.778. The molecule has 0 aliphatic heterocycles. The van der Waals surface area contributed by atoms with Gasteiger partial charge in [0, 0.05) is 13.0 Å². The molecule has 0 spiro atoms. The Morgan fingerprint density at radius 1 is 1.15 bits per heavy atom. The van der Waals surface area contributed by atoms with Gasteiger partial charge in [-0.25, -0.2) is 0 Å². The Hall–Kier alpha value is -0.600. The lowest BCUT2D eigenvalue weighted by atomic mass is 9.88. The van der Waals surface area contributed by atoms with Crippen LogP contribution in [0.3, 0.4) is 0 Å². The van der Waals surface area contributed by atoms with Gasteiger partial charge in [-0.1, -0.05) is 64.5 Å². The van der Waals surface area contributed by atoms with E-state index in [4.69, 9.17) is 4.74 Å². The Bertz CT molecular complexity index is 260. The molecule has 0 aliphatic rings. The van der Waals surface area contributed by atoms with Crippen LogP contribution in [0.25, 0.3) is 0 Å². The van der Waals surface area contributed by atoms with Gasteiger partial charge in [-0.3, -0.25) is 0 Å². The summed E-state index contributed by atoms with van der Waals surface area (Å²) in [7, 11) is 1.67. The molecule has 0 saturated carbocycles. The summed E-state index contributed by atoms with van der Waals surface area (Å²) in [6.07, 6.45) is 11.1. The van der Waals surface area contributed by atoms with Crippen LogP contribution in [0.2, 0.25) is 0 Å². The minimum absolute atomic E-state index is 0.0401. The first-order valence-corrected chi connectivity index (χ1v) is 8.10. The Morgan fingerprint density at radius 3 is 2.20 bits per heavy atom. The van der Waals surface area contributed by atoms with Crippen LogP contribution in [0.15, 0.2) is 24.8 Å². The SMILES string of the molecule is C=C[C@H](C(=C)[C@@H](C)OC)[C@H](O)CCCCCCCCC. The highest BCUT2D eigenvalue weighted by Gasteiger charge is 2.22. The maximum atomic E-state index is 10.3. The number of unbranched alkanes of at least 4 members (excludes halogenated alkanes) is 6. The summed E-state index contributed by atoms with van der Waals surface area (Å²) in [5.41, 5.74) is 0.915. The zero-order valence-electron chi connectivity index (χ0n) is 13.7. The van der Waals surface area contributed by atoms with Crippen molar-refractivity contribution in [3.05, 3.63) is 24.8 Å². The van der Waals surface area contributed by atoms with E-state index in [1.807, 2.05) is 6.92 Å². The summed E-state index contributed by atoms with van der Waals surface area (Å²) in [4.78, 5) is 0. The molecule has 0 bridgehead atoms. The molecule has 0 saturated heterocycles. The molecule has 0 radical (unpaired) electrons. The molecule has 0 heterocycles. The Labute approximate surface area is 125 Å². The molecule has 3 atom stereocenters. The lowest BCUT2D eigenvalue weighted by molar-refractivity contribution is 0.0981. The monoisotopic (exact) mass is 282 g/mol. The number of aliphatic hydroxyl groups is 1. The third kappa shape index (κ3) is 7.86. The quantitative estimate of drug-likeness (QED) is 0.385. The molecular weight excluding hydrogens is 248 g/mol. The minimum Gasteiger partial charge on any atom is -0.392 e. The number of methoxy groups -OCH3 is 1. The molecule has 0 aromatic rings. The number of hydrogen-bond donors (Lipinski definition) is 1. The lowest BCUT2D eigenvalue weighted by Gasteiger charge is -2.25. The number of hydrogen-bond acceptors (Lipinski definition) is 2. The predicted molar refractivity (Wildman–Crippen MR) is 87.9 cm³/mol. The zero-order chi connectivity index (χ0) is 15.4. The highest BCUT2D eigenvalue weighted by atomic mass is 16.5. The van der Waals surface area contributed by atoms with Crippen molar-refractivity contribution in [2.75, 3.05) is 7.11 Å². The molecule has 0 unspecified atom stereocenters. The zero-order valence-corrected chi connectivity index (χ0v) is 13.7. The van der Waals surface area contributed by atoms with Crippen LogP contribution in [0.1, 0.15) is 65.2 Å². The highest BCUT2D eigenvalue weighted by Crippen LogP contribution is 2.23. The average molecular weight is 282 g/mol. The van der Waals surface area contributed by atoms with E-state index in [1.165, 1.54) is 38.5 Å². The molecule has 0 fully saturated rings. The molecule has 0 aromatic carbocycles. The van der Waals surface area contributed by atoms with Gasteiger partial charge in [0.1, 0.15) is 0 Å².